The summed E-state index contributed by atoms with van der Waals surface area (Å²) in [6.45, 7) is 2.16. The largest absolute Gasteiger partial charge is 0.486 e. The SMILES string of the molecule is Cc1c(NC(=O)c2csc(COc3ccc(Cl)cc3)n2)n[nH]c1-c1ccncc1. The van der Waals surface area contributed by atoms with E-state index in [0.717, 1.165) is 16.8 Å². The number of thiazole rings is 1. The molecule has 0 saturated carbocycles. The quantitative estimate of drug-likeness (QED) is 0.466. The number of anilines is 1. The fourth-order valence-electron chi connectivity index (χ4n) is 2.65. The predicted molar refractivity (Wildman–Crippen MR) is 112 cm³/mol. The van der Waals surface area contributed by atoms with Gasteiger partial charge in [0.05, 0.1) is 5.69 Å². The molecule has 0 aliphatic rings. The number of rotatable bonds is 6. The molecule has 2 N–H and O–H groups in total. The number of hydrogen-bond acceptors (Lipinski definition) is 6. The molecule has 3 heterocycles. The molecule has 0 spiro atoms. The first-order valence-corrected chi connectivity index (χ1v) is 9.95. The molecule has 1 amide bonds. The number of nitrogens with zero attached hydrogens (tertiary/aromatic N) is 3. The number of hydrogen-bond donors (Lipinski definition) is 2. The predicted octanol–water partition coefficient (Wildman–Crippen LogP) is 4.72. The van der Waals surface area contributed by atoms with Gasteiger partial charge in [0, 0.05) is 33.9 Å². The van der Waals surface area contributed by atoms with Crippen molar-refractivity contribution in [3.8, 4) is 17.0 Å². The van der Waals surface area contributed by atoms with Crippen LogP contribution in [0.3, 0.4) is 0 Å². The number of nitrogens with one attached hydrogen (secondary N) is 2. The van der Waals surface area contributed by atoms with Gasteiger partial charge in [0.2, 0.25) is 0 Å². The van der Waals surface area contributed by atoms with E-state index in [2.05, 4.69) is 25.5 Å². The summed E-state index contributed by atoms with van der Waals surface area (Å²) < 4.78 is 5.66. The van der Waals surface area contributed by atoms with E-state index in [4.69, 9.17) is 16.3 Å². The molecule has 4 aromatic rings. The summed E-state index contributed by atoms with van der Waals surface area (Å²) in [5, 5.41) is 13.0. The molecule has 146 valence electrons. The number of aromatic amines is 1. The lowest BCUT2D eigenvalue weighted by Crippen LogP contribution is -2.13. The van der Waals surface area contributed by atoms with Crippen LogP contribution in [0.2, 0.25) is 5.02 Å². The molecule has 0 unspecified atom stereocenters. The van der Waals surface area contributed by atoms with Gasteiger partial charge in [-0.2, -0.15) is 5.10 Å². The van der Waals surface area contributed by atoms with E-state index in [0.29, 0.717) is 27.3 Å². The van der Waals surface area contributed by atoms with Crippen LogP contribution in [0.5, 0.6) is 5.75 Å². The Hall–Kier alpha value is -3.23. The van der Waals surface area contributed by atoms with E-state index >= 15 is 0 Å². The van der Waals surface area contributed by atoms with Crippen molar-refractivity contribution >= 4 is 34.7 Å². The van der Waals surface area contributed by atoms with Crippen molar-refractivity contribution in [1.82, 2.24) is 20.2 Å². The Morgan fingerprint density at radius 3 is 2.72 bits per heavy atom. The molecule has 1 aromatic carbocycles. The Morgan fingerprint density at radius 2 is 1.97 bits per heavy atom. The Balaban J connectivity index is 1.41. The lowest BCUT2D eigenvalue weighted by Gasteiger charge is -2.03. The molecule has 7 nitrogen and oxygen atoms in total. The van der Waals surface area contributed by atoms with Crippen molar-refractivity contribution in [2.75, 3.05) is 5.32 Å². The molecular weight excluding hydrogens is 410 g/mol. The molecule has 0 aliphatic heterocycles. The van der Waals surface area contributed by atoms with Crippen LogP contribution in [-0.2, 0) is 6.61 Å². The van der Waals surface area contributed by atoms with Gasteiger partial charge in [0.25, 0.3) is 5.91 Å². The van der Waals surface area contributed by atoms with Crippen molar-refractivity contribution in [2.45, 2.75) is 13.5 Å². The van der Waals surface area contributed by atoms with Crippen LogP contribution in [0.15, 0.2) is 54.2 Å². The molecule has 9 heteroatoms. The van der Waals surface area contributed by atoms with E-state index in [1.165, 1.54) is 11.3 Å². The van der Waals surface area contributed by atoms with Gasteiger partial charge in [-0.25, -0.2) is 4.98 Å². The maximum absolute atomic E-state index is 12.6. The number of H-pyrrole nitrogens is 1. The number of carbonyl (C=O) groups excluding carboxylic acids is 1. The van der Waals surface area contributed by atoms with E-state index in [-0.39, 0.29) is 12.5 Å². The van der Waals surface area contributed by atoms with Crippen molar-refractivity contribution < 1.29 is 9.53 Å². The number of carbonyl (C=O) groups is 1. The van der Waals surface area contributed by atoms with Crippen LogP contribution in [0.25, 0.3) is 11.3 Å². The van der Waals surface area contributed by atoms with Crippen LogP contribution in [0.1, 0.15) is 21.1 Å². The lowest BCUT2D eigenvalue weighted by atomic mass is 10.1. The highest BCUT2D eigenvalue weighted by Gasteiger charge is 2.16. The summed E-state index contributed by atoms with van der Waals surface area (Å²) >= 11 is 7.22. The molecule has 29 heavy (non-hydrogen) atoms. The third-order valence-electron chi connectivity index (χ3n) is 4.17. The molecular formula is C20H16ClN5O2S. The minimum Gasteiger partial charge on any atom is -0.486 e. The van der Waals surface area contributed by atoms with Gasteiger partial charge in [-0.3, -0.25) is 14.9 Å². The zero-order valence-corrected chi connectivity index (χ0v) is 16.9. The monoisotopic (exact) mass is 425 g/mol. The first-order valence-electron chi connectivity index (χ1n) is 8.69. The van der Waals surface area contributed by atoms with Crippen molar-refractivity contribution in [1.29, 1.82) is 0 Å². The first-order chi connectivity index (χ1) is 14.1. The van der Waals surface area contributed by atoms with Crippen LogP contribution < -0.4 is 10.1 Å². The van der Waals surface area contributed by atoms with Crippen LogP contribution in [0, 0.1) is 6.92 Å². The normalized spacial score (nSPS) is 10.7. The highest BCUT2D eigenvalue weighted by Crippen LogP contribution is 2.25. The second-order valence-corrected chi connectivity index (χ2v) is 7.51. The van der Waals surface area contributed by atoms with Gasteiger partial charge in [-0.05, 0) is 43.3 Å². The maximum Gasteiger partial charge on any atom is 0.276 e. The highest BCUT2D eigenvalue weighted by atomic mass is 35.5. The maximum atomic E-state index is 12.6. The second kappa shape index (κ2) is 8.42. The minimum absolute atomic E-state index is 0.271. The van der Waals surface area contributed by atoms with Gasteiger partial charge in [-0.15, -0.1) is 11.3 Å². The zero-order chi connectivity index (χ0) is 20.2. The highest BCUT2D eigenvalue weighted by molar-refractivity contribution is 7.09. The number of halogens is 1. The summed E-state index contributed by atoms with van der Waals surface area (Å²) in [6.07, 6.45) is 3.41. The van der Waals surface area contributed by atoms with Crippen LogP contribution in [-0.4, -0.2) is 26.1 Å². The van der Waals surface area contributed by atoms with E-state index < -0.39 is 0 Å². The van der Waals surface area contributed by atoms with Gasteiger partial charge >= 0.3 is 0 Å². The Kier molecular flexibility index (Phi) is 5.55. The summed E-state index contributed by atoms with van der Waals surface area (Å²) in [5.41, 5.74) is 2.93. The van der Waals surface area contributed by atoms with Gasteiger partial charge in [0.1, 0.15) is 23.1 Å². The zero-order valence-electron chi connectivity index (χ0n) is 15.3. The fraction of sp³-hybridized carbons (Fsp3) is 0.100. The number of ether oxygens (including phenoxy) is 1. The number of amides is 1. The smallest absolute Gasteiger partial charge is 0.276 e. The molecule has 0 bridgehead atoms. The molecule has 0 fully saturated rings. The van der Waals surface area contributed by atoms with Gasteiger partial charge in [-0.1, -0.05) is 11.6 Å². The average Bonchev–Trinajstić information content (AvgIpc) is 3.36. The molecule has 3 aromatic heterocycles. The summed E-state index contributed by atoms with van der Waals surface area (Å²) in [7, 11) is 0. The Labute approximate surface area is 175 Å². The van der Waals surface area contributed by atoms with E-state index in [1.807, 2.05) is 19.1 Å². The van der Waals surface area contributed by atoms with Gasteiger partial charge in [0.15, 0.2) is 5.82 Å². The molecule has 0 atom stereocenters. The summed E-state index contributed by atoms with van der Waals surface area (Å²) in [6, 6.07) is 10.8. The molecule has 0 radical (unpaired) electrons. The second-order valence-electron chi connectivity index (χ2n) is 6.13. The standard InChI is InChI=1S/C20H16ClN5O2S/c1-12-18(13-6-8-22-9-7-13)25-26-19(12)24-20(27)16-11-29-17(23-16)10-28-15-4-2-14(21)3-5-15/h2-9,11H,10H2,1H3,(H2,24,25,26,27). The average molecular weight is 426 g/mol. The Bertz CT molecular complexity index is 1130. The van der Waals surface area contributed by atoms with E-state index in [1.54, 1.807) is 42.0 Å². The van der Waals surface area contributed by atoms with Crippen LogP contribution in [0.4, 0.5) is 5.82 Å². The summed E-state index contributed by atoms with van der Waals surface area (Å²) in [4.78, 5) is 20.9. The lowest BCUT2D eigenvalue weighted by molar-refractivity contribution is 0.102. The molecule has 0 saturated heterocycles. The number of aromatic nitrogens is 4. The van der Waals surface area contributed by atoms with Crippen molar-refractivity contribution in [3.63, 3.8) is 0 Å². The van der Waals surface area contributed by atoms with Crippen LogP contribution >= 0.6 is 22.9 Å². The molecule has 0 aliphatic carbocycles. The van der Waals surface area contributed by atoms with Gasteiger partial charge < -0.3 is 10.1 Å². The third-order valence-corrected chi connectivity index (χ3v) is 5.25. The third kappa shape index (κ3) is 4.44. The number of benzene rings is 1. The molecule has 4 rings (SSSR count). The van der Waals surface area contributed by atoms with Crippen molar-refractivity contribution in [3.05, 3.63) is 75.5 Å². The number of pyridine rings is 1. The fourth-order valence-corrected chi connectivity index (χ4v) is 3.46. The minimum atomic E-state index is -0.324. The first kappa shape index (κ1) is 19.1. The topological polar surface area (TPSA) is 92.8 Å². The van der Waals surface area contributed by atoms with Crippen molar-refractivity contribution in [2.24, 2.45) is 0 Å². The summed E-state index contributed by atoms with van der Waals surface area (Å²) in [5.74, 6) is 0.829. The van der Waals surface area contributed by atoms with E-state index in [9.17, 15) is 4.79 Å². The Morgan fingerprint density at radius 1 is 1.21 bits per heavy atom.